The summed E-state index contributed by atoms with van der Waals surface area (Å²) in [4.78, 5) is 26.5. The van der Waals surface area contributed by atoms with Crippen molar-refractivity contribution in [2.75, 3.05) is 36.5 Å². The van der Waals surface area contributed by atoms with E-state index in [9.17, 15) is 9.59 Å². The second-order valence-corrected chi connectivity index (χ2v) is 6.96. The first kappa shape index (κ1) is 20.6. The average molecular weight is 394 g/mol. The van der Waals surface area contributed by atoms with Crippen LogP contribution in [-0.2, 0) is 19.1 Å². The van der Waals surface area contributed by atoms with E-state index in [-0.39, 0.29) is 5.91 Å². The Balaban J connectivity index is 1.49. The van der Waals surface area contributed by atoms with Crippen LogP contribution in [0.5, 0.6) is 0 Å². The third-order valence-electron chi connectivity index (χ3n) is 4.66. The fourth-order valence-electron chi connectivity index (χ4n) is 2.93. The molecule has 1 amide bonds. The molecule has 1 N–H and O–H groups in total. The summed E-state index contributed by atoms with van der Waals surface area (Å²) >= 11 is 0. The average Bonchev–Trinajstić information content (AvgIpc) is 2.74. The molecule has 1 aliphatic rings. The number of ether oxygens (including phenoxy) is 2. The number of aryl methyl sites for hydroxylation is 1. The van der Waals surface area contributed by atoms with Crippen molar-refractivity contribution in [3.63, 3.8) is 0 Å². The maximum absolute atomic E-state index is 12.3. The van der Waals surface area contributed by atoms with Gasteiger partial charge in [0.1, 0.15) is 0 Å². The molecule has 152 valence electrons. The lowest BCUT2D eigenvalue weighted by Crippen LogP contribution is -2.36. The molecule has 1 fully saturated rings. The van der Waals surface area contributed by atoms with Crippen molar-refractivity contribution >= 4 is 29.3 Å². The monoisotopic (exact) mass is 394 g/mol. The summed E-state index contributed by atoms with van der Waals surface area (Å²) in [5.74, 6) is -0.933. The summed E-state index contributed by atoms with van der Waals surface area (Å²) in [7, 11) is 0. The Hall–Kier alpha value is -3.12. The number of nitrogens with one attached hydrogen (secondary N) is 1. The van der Waals surface area contributed by atoms with E-state index >= 15 is 0 Å². The fraction of sp³-hybridized carbons (Fsp3) is 0.304. The van der Waals surface area contributed by atoms with Gasteiger partial charge in [-0.3, -0.25) is 4.79 Å². The van der Waals surface area contributed by atoms with Gasteiger partial charge in [-0.1, -0.05) is 29.8 Å². The normalized spacial score (nSPS) is 15.2. The van der Waals surface area contributed by atoms with E-state index in [1.807, 2.05) is 55.5 Å². The van der Waals surface area contributed by atoms with Gasteiger partial charge in [-0.15, -0.1) is 0 Å². The van der Waals surface area contributed by atoms with Gasteiger partial charge in [0.2, 0.25) is 0 Å². The summed E-state index contributed by atoms with van der Waals surface area (Å²) < 4.78 is 10.5. The molecule has 0 radical (unpaired) electrons. The van der Waals surface area contributed by atoms with Crippen molar-refractivity contribution in [2.24, 2.45) is 0 Å². The Kier molecular flexibility index (Phi) is 7.03. The minimum Gasteiger partial charge on any atom is -0.449 e. The van der Waals surface area contributed by atoms with Crippen LogP contribution >= 0.6 is 0 Å². The minimum absolute atomic E-state index is 0.374. The van der Waals surface area contributed by atoms with E-state index in [1.165, 1.54) is 6.08 Å². The maximum atomic E-state index is 12.3. The number of benzene rings is 2. The first-order valence-electron chi connectivity index (χ1n) is 9.70. The van der Waals surface area contributed by atoms with Crippen molar-refractivity contribution < 1.29 is 19.1 Å². The molecule has 2 aromatic carbocycles. The predicted octanol–water partition coefficient (Wildman–Crippen LogP) is 3.42. The summed E-state index contributed by atoms with van der Waals surface area (Å²) in [6.07, 6.45) is 2.09. The molecule has 1 aliphatic heterocycles. The molecule has 0 saturated carbocycles. The first-order valence-corrected chi connectivity index (χ1v) is 9.70. The quantitative estimate of drug-likeness (QED) is 0.601. The number of nitrogens with zero attached hydrogens (tertiary/aromatic N) is 1. The predicted molar refractivity (Wildman–Crippen MR) is 114 cm³/mol. The van der Waals surface area contributed by atoms with Gasteiger partial charge in [0.25, 0.3) is 5.91 Å². The molecule has 0 bridgehead atoms. The van der Waals surface area contributed by atoms with Crippen molar-refractivity contribution in [3.8, 4) is 0 Å². The first-order chi connectivity index (χ1) is 14.0. The van der Waals surface area contributed by atoms with Gasteiger partial charge >= 0.3 is 5.97 Å². The number of carbonyl (C=O) groups is 2. The summed E-state index contributed by atoms with van der Waals surface area (Å²) in [6, 6.07) is 15.4. The van der Waals surface area contributed by atoms with Crippen molar-refractivity contribution in [1.29, 1.82) is 0 Å². The second-order valence-electron chi connectivity index (χ2n) is 6.96. The molecule has 1 saturated heterocycles. The number of amides is 1. The third kappa shape index (κ3) is 6.19. The standard InChI is InChI=1S/C23H26N2O4/c1-17-3-5-19(6-4-17)7-12-22(26)29-18(2)23(27)24-20-8-10-21(11-9-20)25-13-15-28-16-14-25/h3-12,18H,13-16H2,1-2H3,(H,24,27)/b12-7+/t18-/m0/s1. The summed E-state index contributed by atoms with van der Waals surface area (Å²) in [5.41, 5.74) is 3.79. The number of morpholine rings is 1. The van der Waals surface area contributed by atoms with E-state index in [4.69, 9.17) is 9.47 Å². The van der Waals surface area contributed by atoms with Crippen LogP contribution in [0.3, 0.4) is 0 Å². The molecule has 0 spiro atoms. The number of esters is 1. The second kappa shape index (κ2) is 9.89. The van der Waals surface area contributed by atoms with Gasteiger partial charge in [-0.2, -0.15) is 0 Å². The van der Waals surface area contributed by atoms with Crippen LogP contribution in [0, 0.1) is 6.92 Å². The largest absolute Gasteiger partial charge is 0.449 e. The molecule has 1 heterocycles. The molecule has 0 aromatic heterocycles. The number of anilines is 2. The van der Waals surface area contributed by atoms with E-state index in [0.717, 1.165) is 43.1 Å². The van der Waals surface area contributed by atoms with Crippen LogP contribution in [0.4, 0.5) is 11.4 Å². The molecule has 0 aliphatic carbocycles. The van der Waals surface area contributed by atoms with Gasteiger partial charge in [-0.05, 0) is 49.8 Å². The topological polar surface area (TPSA) is 67.9 Å². The highest BCUT2D eigenvalue weighted by molar-refractivity contribution is 5.96. The fourth-order valence-corrected chi connectivity index (χ4v) is 2.93. The molecule has 0 unspecified atom stereocenters. The maximum Gasteiger partial charge on any atom is 0.331 e. The van der Waals surface area contributed by atoms with Crippen molar-refractivity contribution in [3.05, 3.63) is 65.7 Å². The highest BCUT2D eigenvalue weighted by Gasteiger charge is 2.17. The number of hydrogen-bond acceptors (Lipinski definition) is 5. The van der Waals surface area contributed by atoms with Crippen LogP contribution in [-0.4, -0.2) is 44.3 Å². The number of hydrogen-bond donors (Lipinski definition) is 1. The zero-order chi connectivity index (χ0) is 20.6. The SMILES string of the molecule is Cc1ccc(/C=C/C(=O)O[C@@H](C)C(=O)Nc2ccc(N3CCOCC3)cc2)cc1. The van der Waals surface area contributed by atoms with Crippen molar-refractivity contribution in [1.82, 2.24) is 0 Å². The Morgan fingerprint density at radius 3 is 2.38 bits per heavy atom. The Bertz CT molecular complexity index is 853. The van der Waals surface area contributed by atoms with Gasteiger partial charge in [0.15, 0.2) is 6.10 Å². The van der Waals surface area contributed by atoms with Gasteiger partial charge < -0.3 is 19.7 Å². The van der Waals surface area contributed by atoms with Crippen LogP contribution < -0.4 is 10.2 Å². The minimum atomic E-state index is -0.899. The van der Waals surface area contributed by atoms with Gasteiger partial charge in [0.05, 0.1) is 13.2 Å². The molecule has 2 aromatic rings. The highest BCUT2D eigenvalue weighted by atomic mass is 16.5. The third-order valence-corrected chi connectivity index (χ3v) is 4.66. The van der Waals surface area contributed by atoms with E-state index in [0.29, 0.717) is 5.69 Å². The van der Waals surface area contributed by atoms with E-state index in [1.54, 1.807) is 13.0 Å². The van der Waals surface area contributed by atoms with Gasteiger partial charge in [-0.25, -0.2) is 4.79 Å². The van der Waals surface area contributed by atoms with Crippen LogP contribution in [0.15, 0.2) is 54.6 Å². The zero-order valence-electron chi connectivity index (χ0n) is 16.8. The summed E-state index contributed by atoms with van der Waals surface area (Å²) in [6.45, 7) is 6.70. The Labute approximate surface area is 171 Å². The molecule has 1 atom stereocenters. The Morgan fingerprint density at radius 1 is 1.07 bits per heavy atom. The lowest BCUT2D eigenvalue weighted by molar-refractivity contribution is -0.148. The van der Waals surface area contributed by atoms with Crippen LogP contribution in [0.25, 0.3) is 6.08 Å². The van der Waals surface area contributed by atoms with Gasteiger partial charge in [0, 0.05) is 30.5 Å². The van der Waals surface area contributed by atoms with E-state index < -0.39 is 12.1 Å². The number of rotatable bonds is 6. The lowest BCUT2D eigenvalue weighted by Gasteiger charge is -2.28. The zero-order valence-corrected chi connectivity index (χ0v) is 16.8. The molecule has 3 rings (SSSR count). The molecular formula is C23H26N2O4. The Morgan fingerprint density at radius 2 is 1.72 bits per heavy atom. The number of carbonyl (C=O) groups excluding carboxylic acids is 2. The molecule has 6 heteroatoms. The molecule has 29 heavy (non-hydrogen) atoms. The smallest absolute Gasteiger partial charge is 0.331 e. The summed E-state index contributed by atoms with van der Waals surface area (Å²) in [5, 5.41) is 2.77. The van der Waals surface area contributed by atoms with E-state index in [2.05, 4.69) is 10.2 Å². The molecule has 6 nitrogen and oxygen atoms in total. The van der Waals surface area contributed by atoms with Crippen LogP contribution in [0.1, 0.15) is 18.1 Å². The molecular weight excluding hydrogens is 368 g/mol. The highest BCUT2D eigenvalue weighted by Crippen LogP contribution is 2.19. The lowest BCUT2D eigenvalue weighted by atomic mass is 10.1. The van der Waals surface area contributed by atoms with Crippen LogP contribution in [0.2, 0.25) is 0 Å². The van der Waals surface area contributed by atoms with Crippen molar-refractivity contribution in [2.45, 2.75) is 20.0 Å².